The Kier molecular flexibility index (Phi) is 7.80. The van der Waals surface area contributed by atoms with Gasteiger partial charge in [0, 0.05) is 24.7 Å². The van der Waals surface area contributed by atoms with E-state index in [1.165, 1.54) is 0 Å². The Morgan fingerprint density at radius 3 is 2.94 bits per heavy atom. The maximum absolute atomic E-state index is 11.8. The first-order chi connectivity index (χ1) is 15.1. The molecule has 1 amide bonds. The molecule has 1 aromatic heterocycles. The average molecular weight is 418 g/mol. The largest absolute Gasteiger partial charge is 0.372 e. The molecule has 0 radical (unpaired) electrons. The molecule has 0 saturated heterocycles. The highest BCUT2D eigenvalue weighted by Crippen LogP contribution is 2.24. The van der Waals surface area contributed by atoms with Crippen molar-refractivity contribution >= 4 is 23.4 Å². The molecule has 1 aliphatic rings. The van der Waals surface area contributed by atoms with Crippen molar-refractivity contribution in [2.45, 2.75) is 31.7 Å². The second-order valence-corrected chi connectivity index (χ2v) is 7.45. The fourth-order valence-corrected chi connectivity index (χ4v) is 3.59. The van der Waals surface area contributed by atoms with E-state index >= 15 is 0 Å². The lowest BCUT2D eigenvalue weighted by Crippen LogP contribution is -2.41. The van der Waals surface area contributed by atoms with Crippen molar-refractivity contribution in [3.05, 3.63) is 41.6 Å². The van der Waals surface area contributed by atoms with E-state index in [4.69, 9.17) is 5.26 Å². The number of anilines is 3. The minimum Gasteiger partial charge on any atom is -0.372 e. The number of carbonyl (C=O) groups excluding carboxylic acids is 1. The molecule has 1 aliphatic carbocycles. The van der Waals surface area contributed by atoms with E-state index in [-0.39, 0.29) is 17.9 Å². The average Bonchev–Trinajstić information content (AvgIpc) is 2.78. The summed E-state index contributed by atoms with van der Waals surface area (Å²) >= 11 is 0. The summed E-state index contributed by atoms with van der Waals surface area (Å²) in [6.07, 6.45) is 5.61. The fourth-order valence-electron chi connectivity index (χ4n) is 3.59. The van der Waals surface area contributed by atoms with Crippen LogP contribution in [-0.4, -0.2) is 42.6 Å². The van der Waals surface area contributed by atoms with Gasteiger partial charge in [-0.2, -0.15) is 10.2 Å². The number of nitrogens with one attached hydrogen (secondary N) is 4. The van der Waals surface area contributed by atoms with Gasteiger partial charge in [-0.25, -0.2) is 4.98 Å². The topological polar surface area (TPSA) is 115 Å². The van der Waals surface area contributed by atoms with Gasteiger partial charge in [-0.3, -0.25) is 4.79 Å². The molecule has 8 nitrogen and oxygen atoms in total. The van der Waals surface area contributed by atoms with E-state index in [0.29, 0.717) is 23.9 Å². The summed E-state index contributed by atoms with van der Waals surface area (Å²) in [6.45, 7) is 0.330. The highest BCUT2D eigenvalue weighted by Gasteiger charge is 2.21. The van der Waals surface area contributed by atoms with Crippen molar-refractivity contribution in [3.63, 3.8) is 0 Å². The van der Waals surface area contributed by atoms with Crippen LogP contribution in [-0.2, 0) is 4.79 Å². The van der Waals surface area contributed by atoms with E-state index in [1.807, 2.05) is 6.07 Å². The van der Waals surface area contributed by atoms with Crippen LogP contribution < -0.4 is 21.3 Å². The van der Waals surface area contributed by atoms with Crippen LogP contribution in [0.4, 0.5) is 17.5 Å². The molecule has 1 heterocycles. The summed E-state index contributed by atoms with van der Waals surface area (Å²) in [7, 11) is 3.56. The molecule has 31 heavy (non-hydrogen) atoms. The van der Waals surface area contributed by atoms with Gasteiger partial charge < -0.3 is 21.3 Å². The molecule has 0 spiro atoms. The second kappa shape index (κ2) is 11.0. The number of hydrogen-bond donors (Lipinski definition) is 4. The number of carbonyl (C=O) groups is 1. The molecule has 1 saturated carbocycles. The van der Waals surface area contributed by atoms with Gasteiger partial charge in [0.15, 0.2) is 0 Å². The molecule has 2 atom stereocenters. The Labute approximate surface area is 182 Å². The Morgan fingerprint density at radius 1 is 1.29 bits per heavy atom. The van der Waals surface area contributed by atoms with Crippen LogP contribution in [0.25, 0.3) is 0 Å². The molecule has 160 valence electrons. The highest BCUT2D eigenvalue weighted by atomic mass is 16.1. The van der Waals surface area contributed by atoms with Crippen LogP contribution in [0.15, 0.2) is 30.5 Å². The van der Waals surface area contributed by atoms with Crippen molar-refractivity contribution in [1.29, 1.82) is 5.26 Å². The van der Waals surface area contributed by atoms with Crippen molar-refractivity contribution < 1.29 is 4.79 Å². The highest BCUT2D eigenvalue weighted by molar-refractivity contribution is 5.78. The van der Waals surface area contributed by atoms with Crippen molar-refractivity contribution in [1.82, 2.24) is 20.6 Å². The number of likely N-dealkylation sites (N-methyl/N-ethyl adjacent to an activating group) is 1. The van der Waals surface area contributed by atoms with Crippen LogP contribution in [0, 0.1) is 29.1 Å². The summed E-state index contributed by atoms with van der Waals surface area (Å²) in [6, 6.07) is 9.43. The van der Waals surface area contributed by atoms with Gasteiger partial charge in [0.1, 0.15) is 5.82 Å². The zero-order chi connectivity index (χ0) is 22.1. The van der Waals surface area contributed by atoms with Gasteiger partial charge in [0.25, 0.3) is 0 Å². The zero-order valence-electron chi connectivity index (χ0n) is 17.8. The maximum Gasteiger partial charge on any atom is 0.234 e. The third-order valence-corrected chi connectivity index (χ3v) is 5.06. The first kappa shape index (κ1) is 22.1. The first-order valence-corrected chi connectivity index (χ1v) is 10.4. The number of rotatable bonds is 6. The minimum absolute atomic E-state index is 0.0235. The summed E-state index contributed by atoms with van der Waals surface area (Å²) in [5.74, 6) is 7.86. The summed E-state index contributed by atoms with van der Waals surface area (Å²) < 4.78 is 0. The molecule has 0 unspecified atom stereocenters. The van der Waals surface area contributed by atoms with Crippen LogP contribution in [0.5, 0.6) is 0 Å². The van der Waals surface area contributed by atoms with Crippen LogP contribution in [0.3, 0.4) is 0 Å². The number of nitriles is 1. The van der Waals surface area contributed by atoms with Crippen molar-refractivity contribution in [2.24, 2.45) is 5.92 Å². The fraction of sp³-hybridized carbons (Fsp3) is 0.391. The van der Waals surface area contributed by atoms with E-state index in [9.17, 15) is 4.79 Å². The van der Waals surface area contributed by atoms with Gasteiger partial charge in [-0.15, -0.1) is 0 Å². The lowest BCUT2D eigenvalue weighted by Gasteiger charge is -2.27. The van der Waals surface area contributed by atoms with Gasteiger partial charge in [-0.05, 0) is 44.5 Å². The molecular weight excluding hydrogens is 390 g/mol. The number of nitrogens with zero attached hydrogens (tertiary/aromatic N) is 3. The van der Waals surface area contributed by atoms with E-state index in [1.54, 1.807) is 38.5 Å². The Bertz CT molecular complexity index is 1020. The molecule has 1 aromatic carbocycles. The molecule has 8 heteroatoms. The Morgan fingerprint density at radius 2 is 2.16 bits per heavy atom. The summed E-state index contributed by atoms with van der Waals surface area (Å²) in [5, 5.41) is 21.2. The van der Waals surface area contributed by atoms with Crippen molar-refractivity contribution in [3.8, 4) is 17.9 Å². The van der Waals surface area contributed by atoms with Gasteiger partial charge >= 0.3 is 0 Å². The van der Waals surface area contributed by atoms with E-state index in [2.05, 4.69) is 49.1 Å². The maximum atomic E-state index is 11.8. The molecule has 0 aliphatic heterocycles. The lowest BCUT2D eigenvalue weighted by atomic mass is 9.86. The number of hydrogen-bond acceptors (Lipinski definition) is 7. The third-order valence-electron chi connectivity index (χ3n) is 5.06. The minimum atomic E-state index is 0.0235. The van der Waals surface area contributed by atoms with Crippen LogP contribution in [0.2, 0.25) is 0 Å². The molecule has 0 bridgehead atoms. The van der Waals surface area contributed by atoms with Gasteiger partial charge in [0.2, 0.25) is 11.9 Å². The van der Waals surface area contributed by atoms with E-state index in [0.717, 1.165) is 36.9 Å². The first-order valence-electron chi connectivity index (χ1n) is 10.4. The molecule has 1 fully saturated rings. The SMILES string of the molecule is CNCC(=O)N[C@H]1CCC[C@@H](C#Cc2cnc(Nc3cccc(C#N)c3)nc2NC)C1. The van der Waals surface area contributed by atoms with Crippen molar-refractivity contribution in [2.75, 3.05) is 31.3 Å². The predicted molar refractivity (Wildman–Crippen MR) is 121 cm³/mol. The summed E-state index contributed by atoms with van der Waals surface area (Å²) in [5.41, 5.74) is 2.03. The second-order valence-electron chi connectivity index (χ2n) is 7.45. The predicted octanol–water partition coefficient (Wildman–Crippen LogP) is 2.38. The quantitative estimate of drug-likeness (QED) is 0.534. The Balaban J connectivity index is 1.67. The molecular formula is C23H27N7O. The van der Waals surface area contributed by atoms with E-state index < -0.39 is 0 Å². The number of aromatic nitrogens is 2. The zero-order valence-corrected chi connectivity index (χ0v) is 17.8. The van der Waals surface area contributed by atoms with Gasteiger partial charge in [-0.1, -0.05) is 24.3 Å². The number of amides is 1. The third kappa shape index (κ3) is 6.43. The molecule has 3 rings (SSSR count). The van der Waals surface area contributed by atoms with Gasteiger partial charge in [0.05, 0.1) is 29.9 Å². The standard InChI is InChI=1S/C23H27N7O/c1-25-15-21(31)28-19-7-3-5-16(11-19)9-10-18-14-27-23(30-22(18)26-2)29-20-8-4-6-17(12-20)13-24/h4,6,8,12,14,16,19,25H,3,5,7,11,15H2,1-2H3,(H,28,31)(H2,26,27,29,30)/t16-,19-/m0/s1. The Hall–Kier alpha value is -3.62. The molecule has 2 aromatic rings. The smallest absolute Gasteiger partial charge is 0.234 e. The normalized spacial score (nSPS) is 17.6. The number of benzene rings is 1. The summed E-state index contributed by atoms with van der Waals surface area (Å²) in [4.78, 5) is 20.7. The van der Waals surface area contributed by atoms with Crippen LogP contribution >= 0.6 is 0 Å². The monoisotopic (exact) mass is 417 g/mol. The lowest BCUT2D eigenvalue weighted by molar-refractivity contribution is -0.121. The molecule has 4 N–H and O–H groups in total. The van der Waals surface area contributed by atoms with Crippen LogP contribution in [0.1, 0.15) is 36.8 Å².